The first-order valence-electron chi connectivity index (χ1n) is 18.4. The van der Waals surface area contributed by atoms with E-state index in [0.29, 0.717) is 53.3 Å². The number of benzene rings is 2. The van der Waals surface area contributed by atoms with E-state index in [1.54, 1.807) is 27.1 Å². The fourth-order valence-corrected chi connectivity index (χ4v) is 10.3. The number of ether oxygens (including phenoxy) is 2. The van der Waals surface area contributed by atoms with Crippen LogP contribution in [0.4, 0.5) is 19.4 Å². The average Bonchev–Trinajstić information content (AvgIpc) is 3.80. The monoisotopic (exact) mass is 766 g/mol. The van der Waals surface area contributed by atoms with Gasteiger partial charge in [-0.25, -0.2) is 18.3 Å². The smallest absolute Gasteiger partial charge is 0.409 e. The lowest BCUT2D eigenvalue weighted by Crippen LogP contribution is -2.56. The Labute approximate surface area is 312 Å². The Hall–Kier alpha value is -4.45. The third-order valence-electron chi connectivity index (χ3n) is 11.5. The maximum Gasteiger partial charge on any atom is 0.409 e. The molecule has 0 saturated carbocycles. The molecule has 8 rings (SSSR count). The van der Waals surface area contributed by atoms with E-state index in [9.17, 15) is 18.3 Å². The molecule has 0 aliphatic carbocycles. The number of halogens is 2. The maximum atomic E-state index is 17.1. The summed E-state index contributed by atoms with van der Waals surface area (Å²) >= 11 is 0. The molecule has 1 amide bonds. The standard InChI is InChI=1S/C37H44F2N8O6S/c1-4-25-28(38)8-7-22-15-24(48)16-26(29(22)25)31-30(39)32-27(17-40-31)33(46-13-5-10-36(20-46)19-41-54(50,51)44-36)43-34(42-32)53-21-37-11-6-14-47(37)23(9-12-37)18-52-35(49)45(2)3/h7-8,15-17,23,41,44,48H,4-6,9-14,18-21H2,1-3H3/t23-,36?,37+/m0/s1. The highest BCUT2D eigenvalue weighted by atomic mass is 32.2. The van der Waals surface area contributed by atoms with Crippen molar-refractivity contribution in [2.75, 3.05) is 58.4 Å². The Bertz CT molecular complexity index is 2260. The average molecular weight is 767 g/mol. The summed E-state index contributed by atoms with van der Waals surface area (Å²) in [6.07, 6.45) is 6.06. The molecule has 1 unspecified atom stereocenters. The number of carbonyl (C=O) groups is 1. The molecule has 17 heteroatoms. The van der Waals surface area contributed by atoms with Crippen molar-refractivity contribution in [1.29, 1.82) is 0 Å². The van der Waals surface area contributed by atoms with Gasteiger partial charge in [0.2, 0.25) is 0 Å². The Morgan fingerprint density at radius 1 is 1.13 bits per heavy atom. The summed E-state index contributed by atoms with van der Waals surface area (Å²) in [4.78, 5) is 31.8. The maximum absolute atomic E-state index is 17.1. The quantitative estimate of drug-likeness (QED) is 0.235. The van der Waals surface area contributed by atoms with E-state index in [2.05, 4.69) is 24.3 Å². The molecule has 2 aromatic heterocycles. The van der Waals surface area contributed by atoms with Crippen molar-refractivity contribution in [3.8, 4) is 23.0 Å². The summed E-state index contributed by atoms with van der Waals surface area (Å²) in [6.45, 7) is 4.08. The van der Waals surface area contributed by atoms with Gasteiger partial charge in [-0.2, -0.15) is 23.1 Å². The molecule has 4 aromatic rings. The molecule has 1 spiro atoms. The van der Waals surface area contributed by atoms with Gasteiger partial charge in [-0.15, -0.1) is 0 Å². The number of phenols is 1. The molecule has 288 valence electrons. The molecule has 4 fully saturated rings. The molecular weight excluding hydrogens is 723 g/mol. The molecule has 3 N–H and O–H groups in total. The highest BCUT2D eigenvalue weighted by Crippen LogP contribution is 2.44. The second-order valence-corrected chi connectivity index (χ2v) is 16.7. The number of carbonyl (C=O) groups excluding carboxylic acids is 1. The summed E-state index contributed by atoms with van der Waals surface area (Å²) in [6, 6.07) is 5.74. The largest absolute Gasteiger partial charge is 0.508 e. The lowest BCUT2D eigenvalue weighted by molar-refractivity contribution is 0.0484. The van der Waals surface area contributed by atoms with Crippen LogP contribution in [0.1, 0.15) is 51.0 Å². The summed E-state index contributed by atoms with van der Waals surface area (Å²) < 4.78 is 74.4. The lowest BCUT2D eigenvalue weighted by Gasteiger charge is -2.40. The molecular formula is C37H44F2N8O6S. The Kier molecular flexibility index (Phi) is 9.26. The minimum absolute atomic E-state index is 0.0301. The minimum atomic E-state index is -3.67. The van der Waals surface area contributed by atoms with Gasteiger partial charge in [0.1, 0.15) is 41.8 Å². The van der Waals surface area contributed by atoms with Crippen LogP contribution in [0.2, 0.25) is 0 Å². The number of hydrogen-bond donors (Lipinski definition) is 3. The van der Waals surface area contributed by atoms with Crippen LogP contribution in [0.5, 0.6) is 11.8 Å². The predicted octanol–water partition coefficient (Wildman–Crippen LogP) is 4.24. The zero-order valence-electron chi connectivity index (χ0n) is 30.5. The first-order valence-corrected chi connectivity index (χ1v) is 19.9. The molecule has 6 heterocycles. The van der Waals surface area contributed by atoms with Gasteiger partial charge in [-0.1, -0.05) is 13.0 Å². The number of fused-ring (bicyclic) bond motifs is 3. The number of nitrogens with zero attached hydrogens (tertiary/aromatic N) is 6. The molecule has 4 aliphatic heterocycles. The van der Waals surface area contributed by atoms with Crippen LogP contribution >= 0.6 is 0 Å². The number of aryl methyl sites for hydroxylation is 1. The fourth-order valence-electron chi connectivity index (χ4n) is 8.96. The second kappa shape index (κ2) is 13.7. The van der Waals surface area contributed by atoms with Crippen LogP contribution in [-0.4, -0.2) is 115 Å². The summed E-state index contributed by atoms with van der Waals surface area (Å²) in [5.74, 6) is -1.02. The first kappa shape index (κ1) is 36.5. The van der Waals surface area contributed by atoms with Gasteiger partial charge >= 0.3 is 12.1 Å². The Morgan fingerprint density at radius 2 is 1.94 bits per heavy atom. The van der Waals surface area contributed by atoms with E-state index in [4.69, 9.17) is 14.5 Å². The summed E-state index contributed by atoms with van der Waals surface area (Å²) in [5.41, 5.74) is -0.737. The molecule has 2 aromatic carbocycles. The topological polar surface area (TPSA) is 162 Å². The number of amides is 1. The highest BCUT2D eigenvalue weighted by molar-refractivity contribution is 7.87. The van der Waals surface area contributed by atoms with Crippen molar-refractivity contribution in [3.05, 3.63) is 47.7 Å². The molecule has 54 heavy (non-hydrogen) atoms. The van der Waals surface area contributed by atoms with Gasteiger partial charge in [0, 0.05) is 51.5 Å². The van der Waals surface area contributed by atoms with Crippen LogP contribution in [-0.2, 0) is 21.4 Å². The van der Waals surface area contributed by atoms with Gasteiger partial charge < -0.3 is 24.4 Å². The van der Waals surface area contributed by atoms with E-state index >= 15 is 8.78 Å². The predicted molar refractivity (Wildman–Crippen MR) is 198 cm³/mol. The summed E-state index contributed by atoms with van der Waals surface area (Å²) in [5, 5.41) is 12.0. The van der Waals surface area contributed by atoms with Gasteiger partial charge in [0.15, 0.2) is 5.82 Å². The van der Waals surface area contributed by atoms with E-state index in [-0.39, 0.29) is 66.4 Å². The van der Waals surface area contributed by atoms with Crippen molar-refractivity contribution in [1.82, 2.24) is 34.2 Å². The van der Waals surface area contributed by atoms with E-state index in [1.807, 2.05) is 4.90 Å². The third-order valence-corrected chi connectivity index (χ3v) is 12.7. The van der Waals surface area contributed by atoms with Crippen molar-refractivity contribution in [3.63, 3.8) is 0 Å². The SMILES string of the molecule is CCc1c(F)ccc2cc(O)cc(-c3ncc4c(N5CCCC6(CNS(=O)(=O)N6)C5)nc(OC[C@]56CCCN5[C@H](COC(=O)N(C)C)CC6)nc4c3F)c12. The number of phenolic OH excluding ortho intramolecular Hbond substituents is 1. The van der Waals surface area contributed by atoms with Crippen LogP contribution < -0.4 is 19.1 Å². The first-order chi connectivity index (χ1) is 25.8. The number of aromatic hydroxyl groups is 1. The van der Waals surface area contributed by atoms with Crippen LogP contribution in [0.25, 0.3) is 32.9 Å². The van der Waals surface area contributed by atoms with Crippen molar-refractivity contribution < 1.29 is 36.6 Å². The van der Waals surface area contributed by atoms with Crippen LogP contribution in [0.3, 0.4) is 0 Å². The zero-order chi connectivity index (χ0) is 38.0. The van der Waals surface area contributed by atoms with Crippen LogP contribution in [0, 0.1) is 11.6 Å². The molecule has 3 atom stereocenters. The number of rotatable bonds is 8. The fraction of sp³-hybridized carbons (Fsp3) is 0.514. The Morgan fingerprint density at radius 3 is 2.70 bits per heavy atom. The molecule has 4 saturated heterocycles. The molecule has 14 nitrogen and oxygen atoms in total. The van der Waals surface area contributed by atoms with Gasteiger partial charge in [0.05, 0.1) is 16.5 Å². The summed E-state index contributed by atoms with van der Waals surface area (Å²) in [7, 11) is -0.378. The molecule has 0 radical (unpaired) electrons. The number of hydrogen-bond acceptors (Lipinski definition) is 11. The second-order valence-electron chi connectivity index (χ2n) is 15.2. The number of piperidine rings is 1. The third kappa shape index (κ3) is 6.43. The number of pyridine rings is 1. The number of anilines is 1. The lowest BCUT2D eigenvalue weighted by atomic mass is 9.90. The van der Waals surface area contributed by atoms with E-state index in [1.165, 1.54) is 29.3 Å². The molecule has 4 aliphatic rings. The van der Waals surface area contributed by atoms with Gasteiger partial charge in [-0.05, 0) is 86.0 Å². The van der Waals surface area contributed by atoms with Gasteiger partial charge in [0.25, 0.3) is 10.2 Å². The van der Waals surface area contributed by atoms with Crippen molar-refractivity contribution in [2.24, 2.45) is 0 Å². The van der Waals surface area contributed by atoms with Gasteiger partial charge in [-0.3, -0.25) is 9.88 Å². The molecule has 0 bridgehead atoms. The van der Waals surface area contributed by atoms with Crippen LogP contribution in [0.15, 0.2) is 30.5 Å². The Balaban J connectivity index is 1.20. The van der Waals surface area contributed by atoms with E-state index in [0.717, 1.165) is 32.2 Å². The van der Waals surface area contributed by atoms with Crippen molar-refractivity contribution in [2.45, 2.75) is 69.0 Å². The van der Waals surface area contributed by atoms with Crippen molar-refractivity contribution >= 4 is 43.8 Å². The normalized spacial score (nSPS) is 25.1. The zero-order valence-corrected chi connectivity index (χ0v) is 31.3. The number of aromatic nitrogens is 3. The number of nitrogens with one attached hydrogen (secondary N) is 2. The minimum Gasteiger partial charge on any atom is -0.508 e. The van der Waals surface area contributed by atoms with E-state index < -0.39 is 33.5 Å². The highest BCUT2D eigenvalue weighted by Gasteiger charge is 2.50.